The molecule has 0 amide bonds. The van der Waals surface area contributed by atoms with E-state index in [4.69, 9.17) is 0 Å². The predicted molar refractivity (Wildman–Crippen MR) is 38.3 cm³/mol. The number of rotatable bonds is 1. The Kier molecular flexibility index (Phi) is 2.36. The molecule has 0 aliphatic heterocycles. The monoisotopic (exact) mass is 173 g/mol. The number of benzene rings is 1. The van der Waals surface area contributed by atoms with Crippen LogP contribution in [0.25, 0.3) is 0 Å². The van der Waals surface area contributed by atoms with Crippen LogP contribution >= 0.6 is 0 Å². The van der Waals surface area contributed by atoms with Gasteiger partial charge in [-0.25, -0.2) is 4.39 Å². The van der Waals surface area contributed by atoms with Gasteiger partial charge in [0.05, 0.1) is 0 Å². The van der Waals surface area contributed by atoms with E-state index >= 15 is 0 Å². The second kappa shape index (κ2) is 3.11. The number of hydrogen-bond acceptors (Lipinski definition) is 2. The number of aryl methyl sites for hydroxylation is 1. The largest absolute Gasteiger partial charge is 0.768 e. The molecule has 1 aromatic carbocycles. The van der Waals surface area contributed by atoms with E-state index in [0.29, 0.717) is 5.56 Å². The van der Waals surface area contributed by atoms with Crippen molar-refractivity contribution in [2.75, 3.05) is 0 Å². The van der Waals surface area contributed by atoms with Gasteiger partial charge in [0.15, 0.2) is 0 Å². The van der Waals surface area contributed by atoms with E-state index in [-0.39, 0.29) is 4.90 Å². The van der Waals surface area contributed by atoms with E-state index in [9.17, 15) is 13.2 Å². The van der Waals surface area contributed by atoms with Crippen LogP contribution in [0.2, 0.25) is 0 Å². The lowest BCUT2D eigenvalue weighted by Gasteiger charge is -2.04. The summed E-state index contributed by atoms with van der Waals surface area (Å²) in [6.45, 7) is 1.58. The first-order chi connectivity index (χ1) is 5.11. The maximum absolute atomic E-state index is 12.7. The van der Waals surface area contributed by atoms with Gasteiger partial charge in [0.25, 0.3) is 0 Å². The summed E-state index contributed by atoms with van der Waals surface area (Å²) in [5.41, 5.74) is 0.444. The molecule has 0 aliphatic rings. The molecule has 0 N–H and O–H groups in total. The third-order valence-electron chi connectivity index (χ3n) is 1.34. The van der Waals surface area contributed by atoms with Crippen molar-refractivity contribution in [3.63, 3.8) is 0 Å². The Balaban J connectivity index is 3.15. The molecule has 0 aromatic heterocycles. The van der Waals surface area contributed by atoms with Crippen molar-refractivity contribution < 1.29 is 13.2 Å². The summed E-state index contributed by atoms with van der Waals surface area (Å²) >= 11 is -2.34. The molecule has 0 saturated carbocycles. The average Bonchev–Trinajstić information content (AvgIpc) is 1.94. The van der Waals surface area contributed by atoms with Gasteiger partial charge in [-0.15, -0.1) is 0 Å². The van der Waals surface area contributed by atoms with Crippen LogP contribution < -0.4 is 0 Å². The molecule has 4 heteroatoms. The Bertz CT molecular complexity index is 298. The standard InChI is InChI=1S/C7H7FO2S/c1-5-2-3-6(11(9)10)4-7(5)8/h2-4H,1H3,(H,9,10)/p-1. The lowest BCUT2D eigenvalue weighted by atomic mass is 10.2. The smallest absolute Gasteiger partial charge is 0.127 e. The molecule has 1 atom stereocenters. The fourth-order valence-electron chi connectivity index (χ4n) is 0.677. The molecule has 0 spiro atoms. The first-order valence-corrected chi connectivity index (χ1v) is 4.04. The minimum atomic E-state index is -2.34. The molecule has 0 heterocycles. The zero-order chi connectivity index (χ0) is 8.43. The maximum atomic E-state index is 12.7. The van der Waals surface area contributed by atoms with Gasteiger partial charge in [0, 0.05) is 4.90 Å². The lowest BCUT2D eigenvalue weighted by Crippen LogP contribution is -1.91. The van der Waals surface area contributed by atoms with E-state index in [2.05, 4.69) is 0 Å². The average molecular weight is 173 g/mol. The van der Waals surface area contributed by atoms with Crippen LogP contribution in [0.3, 0.4) is 0 Å². The van der Waals surface area contributed by atoms with Gasteiger partial charge in [0.1, 0.15) is 5.82 Å². The zero-order valence-corrected chi connectivity index (χ0v) is 6.65. The Morgan fingerprint density at radius 2 is 2.18 bits per heavy atom. The molecule has 60 valence electrons. The van der Waals surface area contributed by atoms with Crippen LogP contribution in [0.15, 0.2) is 23.1 Å². The Morgan fingerprint density at radius 3 is 2.64 bits per heavy atom. The number of halogens is 1. The Labute approximate surface area is 66.3 Å². The minimum absolute atomic E-state index is 0.0203. The highest BCUT2D eigenvalue weighted by molar-refractivity contribution is 7.79. The molecular weight excluding hydrogens is 167 g/mol. The molecule has 1 aromatic rings. The molecule has 0 fully saturated rings. The summed E-state index contributed by atoms with van der Waals surface area (Å²) in [5.74, 6) is -0.494. The summed E-state index contributed by atoms with van der Waals surface area (Å²) in [6, 6.07) is 3.79. The van der Waals surface area contributed by atoms with E-state index < -0.39 is 16.9 Å². The van der Waals surface area contributed by atoms with Gasteiger partial charge in [-0.05, 0) is 35.7 Å². The molecule has 0 saturated heterocycles. The molecule has 1 unspecified atom stereocenters. The van der Waals surface area contributed by atoms with Gasteiger partial charge in [-0.3, -0.25) is 4.21 Å². The molecule has 1 rings (SSSR count). The highest BCUT2D eigenvalue weighted by Crippen LogP contribution is 2.10. The molecule has 0 bridgehead atoms. The van der Waals surface area contributed by atoms with E-state index in [1.807, 2.05) is 0 Å². The summed E-state index contributed by atoms with van der Waals surface area (Å²) in [5, 5.41) is 0. The van der Waals surface area contributed by atoms with Crippen LogP contribution in [0.4, 0.5) is 4.39 Å². The quantitative estimate of drug-likeness (QED) is 0.602. The summed E-state index contributed by atoms with van der Waals surface area (Å²) in [4.78, 5) is -0.0203. The third kappa shape index (κ3) is 1.85. The Morgan fingerprint density at radius 1 is 1.55 bits per heavy atom. The highest BCUT2D eigenvalue weighted by atomic mass is 32.2. The molecule has 11 heavy (non-hydrogen) atoms. The molecule has 0 aliphatic carbocycles. The SMILES string of the molecule is Cc1ccc(S(=O)[O-])cc1F. The van der Waals surface area contributed by atoms with Crippen LogP contribution in [-0.4, -0.2) is 8.76 Å². The normalized spacial score (nSPS) is 13.0. The van der Waals surface area contributed by atoms with E-state index in [1.54, 1.807) is 6.92 Å². The van der Waals surface area contributed by atoms with Crippen molar-refractivity contribution >= 4 is 11.1 Å². The van der Waals surface area contributed by atoms with Crippen molar-refractivity contribution in [1.29, 1.82) is 0 Å². The Hall–Kier alpha value is -0.740. The van der Waals surface area contributed by atoms with Crippen LogP contribution in [0, 0.1) is 12.7 Å². The highest BCUT2D eigenvalue weighted by Gasteiger charge is 1.98. The van der Waals surface area contributed by atoms with Gasteiger partial charge in [-0.2, -0.15) is 0 Å². The fraction of sp³-hybridized carbons (Fsp3) is 0.143. The summed E-state index contributed by atoms with van der Waals surface area (Å²) in [7, 11) is 0. The van der Waals surface area contributed by atoms with Gasteiger partial charge in [-0.1, -0.05) is 6.07 Å². The zero-order valence-electron chi connectivity index (χ0n) is 5.83. The fourth-order valence-corrected chi connectivity index (χ4v) is 1.06. The second-order valence-electron chi connectivity index (χ2n) is 2.15. The maximum Gasteiger partial charge on any atom is 0.127 e. The predicted octanol–water partition coefficient (Wildman–Crippen LogP) is 1.37. The van der Waals surface area contributed by atoms with Crippen LogP contribution in [0.5, 0.6) is 0 Å². The number of hydrogen-bond donors (Lipinski definition) is 0. The van der Waals surface area contributed by atoms with Gasteiger partial charge < -0.3 is 4.55 Å². The lowest BCUT2D eigenvalue weighted by molar-refractivity contribution is 0.535. The second-order valence-corrected chi connectivity index (χ2v) is 3.09. The minimum Gasteiger partial charge on any atom is -0.768 e. The van der Waals surface area contributed by atoms with E-state index in [1.165, 1.54) is 12.1 Å². The van der Waals surface area contributed by atoms with Gasteiger partial charge >= 0.3 is 0 Å². The summed E-state index contributed by atoms with van der Waals surface area (Å²) < 4.78 is 33.3. The van der Waals surface area contributed by atoms with Crippen molar-refractivity contribution in [2.24, 2.45) is 0 Å². The van der Waals surface area contributed by atoms with Crippen molar-refractivity contribution in [3.05, 3.63) is 29.6 Å². The first kappa shape index (κ1) is 8.36. The van der Waals surface area contributed by atoms with Crippen LogP contribution in [-0.2, 0) is 11.1 Å². The first-order valence-electron chi connectivity index (χ1n) is 2.96. The van der Waals surface area contributed by atoms with Gasteiger partial charge in [0.2, 0.25) is 0 Å². The molecular formula is C7H6FO2S-. The molecule has 0 radical (unpaired) electrons. The third-order valence-corrected chi connectivity index (χ3v) is 1.97. The topological polar surface area (TPSA) is 40.1 Å². The summed E-state index contributed by atoms with van der Waals surface area (Å²) in [6.07, 6.45) is 0. The van der Waals surface area contributed by atoms with E-state index in [0.717, 1.165) is 6.07 Å². The van der Waals surface area contributed by atoms with Crippen molar-refractivity contribution in [2.45, 2.75) is 11.8 Å². The van der Waals surface area contributed by atoms with Crippen molar-refractivity contribution in [1.82, 2.24) is 0 Å². The van der Waals surface area contributed by atoms with Crippen LogP contribution in [0.1, 0.15) is 5.56 Å². The molecule has 2 nitrogen and oxygen atoms in total. The van der Waals surface area contributed by atoms with Crippen molar-refractivity contribution in [3.8, 4) is 0 Å².